The number of carbonyl (C=O) groups is 3. The number of carboxylic acid groups (broad SMARTS) is 1. The second-order valence-electron chi connectivity index (χ2n) is 6.99. The first-order valence-corrected chi connectivity index (χ1v) is 8.74. The Bertz CT molecular complexity index is 466. The molecule has 2 amide bonds. The number of likely N-dealkylation sites (tertiary alicyclic amines) is 1. The zero-order valence-electron chi connectivity index (χ0n) is 14.1. The van der Waals surface area contributed by atoms with Crippen molar-refractivity contribution in [2.24, 2.45) is 17.8 Å². The van der Waals surface area contributed by atoms with E-state index < -0.39 is 5.97 Å². The van der Waals surface area contributed by atoms with E-state index in [4.69, 9.17) is 5.11 Å². The molecular weight excluding hydrogens is 296 g/mol. The summed E-state index contributed by atoms with van der Waals surface area (Å²) in [6, 6.07) is -0.0377. The van der Waals surface area contributed by atoms with E-state index in [9.17, 15) is 14.4 Å². The minimum Gasteiger partial charge on any atom is -0.481 e. The van der Waals surface area contributed by atoms with Crippen molar-refractivity contribution in [3.8, 4) is 0 Å². The van der Waals surface area contributed by atoms with Gasteiger partial charge in [-0.3, -0.25) is 14.4 Å². The summed E-state index contributed by atoms with van der Waals surface area (Å²) in [5, 5.41) is 12.0. The topological polar surface area (TPSA) is 86.7 Å². The van der Waals surface area contributed by atoms with E-state index in [1.807, 2.05) is 18.7 Å². The van der Waals surface area contributed by atoms with Gasteiger partial charge in [-0.1, -0.05) is 13.8 Å². The molecule has 0 spiro atoms. The monoisotopic (exact) mass is 324 g/mol. The average molecular weight is 324 g/mol. The van der Waals surface area contributed by atoms with E-state index in [1.165, 1.54) is 0 Å². The third-order valence-electron chi connectivity index (χ3n) is 5.27. The summed E-state index contributed by atoms with van der Waals surface area (Å²) in [5.41, 5.74) is 0. The molecule has 1 saturated heterocycles. The van der Waals surface area contributed by atoms with Crippen molar-refractivity contribution in [2.45, 2.75) is 58.4 Å². The highest BCUT2D eigenvalue weighted by atomic mass is 16.4. The molecule has 6 heteroatoms. The van der Waals surface area contributed by atoms with Gasteiger partial charge in [-0.15, -0.1) is 0 Å². The van der Waals surface area contributed by atoms with Crippen molar-refractivity contribution in [2.75, 3.05) is 13.1 Å². The molecule has 2 N–H and O–H groups in total. The number of carboxylic acids is 1. The molecule has 0 aromatic rings. The zero-order chi connectivity index (χ0) is 17.0. The molecular formula is C17H28N2O4. The smallest absolute Gasteiger partial charge is 0.306 e. The van der Waals surface area contributed by atoms with E-state index in [-0.39, 0.29) is 35.6 Å². The predicted molar refractivity (Wildman–Crippen MR) is 85.7 cm³/mol. The fourth-order valence-electron chi connectivity index (χ4n) is 3.53. The molecule has 23 heavy (non-hydrogen) atoms. The van der Waals surface area contributed by atoms with Crippen LogP contribution in [0.25, 0.3) is 0 Å². The summed E-state index contributed by atoms with van der Waals surface area (Å²) in [6.07, 6.45) is 4.33. The highest BCUT2D eigenvalue weighted by molar-refractivity contribution is 5.82. The molecule has 2 fully saturated rings. The van der Waals surface area contributed by atoms with Gasteiger partial charge in [-0.25, -0.2) is 0 Å². The van der Waals surface area contributed by atoms with Crippen LogP contribution in [0.5, 0.6) is 0 Å². The minimum atomic E-state index is -0.773. The molecule has 0 bridgehead atoms. The second kappa shape index (κ2) is 7.79. The fraction of sp³-hybridized carbons (Fsp3) is 0.824. The van der Waals surface area contributed by atoms with Gasteiger partial charge in [0.2, 0.25) is 11.8 Å². The van der Waals surface area contributed by atoms with Gasteiger partial charge in [-0.05, 0) is 38.5 Å². The van der Waals surface area contributed by atoms with Crippen LogP contribution in [-0.2, 0) is 14.4 Å². The van der Waals surface area contributed by atoms with Gasteiger partial charge in [0, 0.05) is 25.0 Å². The lowest BCUT2D eigenvalue weighted by Crippen LogP contribution is -2.48. The van der Waals surface area contributed by atoms with Crippen LogP contribution in [-0.4, -0.2) is 46.9 Å². The third kappa shape index (κ3) is 4.45. The Balaban J connectivity index is 1.85. The van der Waals surface area contributed by atoms with Crippen LogP contribution in [0.4, 0.5) is 0 Å². The number of aliphatic carboxylic acids is 1. The molecule has 130 valence electrons. The molecule has 2 unspecified atom stereocenters. The lowest BCUT2D eigenvalue weighted by molar-refractivity contribution is -0.142. The van der Waals surface area contributed by atoms with Crippen LogP contribution in [0, 0.1) is 17.8 Å². The third-order valence-corrected chi connectivity index (χ3v) is 5.27. The fourth-order valence-corrected chi connectivity index (χ4v) is 3.53. The summed E-state index contributed by atoms with van der Waals surface area (Å²) in [7, 11) is 0. The highest BCUT2D eigenvalue weighted by Gasteiger charge is 2.34. The summed E-state index contributed by atoms with van der Waals surface area (Å²) in [4.78, 5) is 37.5. The van der Waals surface area contributed by atoms with Gasteiger partial charge in [0.05, 0.1) is 11.8 Å². The Morgan fingerprint density at radius 2 is 1.96 bits per heavy atom. The molecule has 0 radical (unpaired) electrons. The van der Waals surface area contributed by atoms with Gasteiger partial charge in [-0.2, -0.15) is 0 Å². The summed E-state index contributed by atoms with van der Waals surface area (Å²) in [6.45, 7) is 5.15. The molecule has 6 nitrogen and oxygen atoms in total. The standard InChI is InChI=1S/C17H28N2O4/c1-3-11(2)16(21)19-8-4-5-13(10-19)15(20)18-14-7-6-12(9-14)17(22)23/h11-14H,3-10H2,1-2H3,(H,18,20)(H,22,23)/t11?,12-,13?,14+/m1/s1. The molecule has 1 heterocycles. The number of nitrogens with zero attached hydrogens (tertiary/aromatic N) is 1. The van der Waals surface area contributed by atoms with E-state index in [0.29, 0.717) is 19.4 Å². The number of nitrogens with one attached hydrogen (secondary N) is 1. The maximum Gasteiger partial charge on any atom is 0.306 e. The van der Waals surface area contributed by atoms with E-state index in [2.05, 4.69) is 5.32 Å². The zero-order valence-corrected chi connectivity index (χ0v) is 14.1. The summed E-state index contributed by atoms with van der Waals surface area (Å²) >= 11 is 0. The first-order valence-electron chi connectivity index (χ1n) is 8.74. The van der Waals surface area contributed by atoms with E-state index in [1.54, 1.807) is 0 Å². The van der Waals surface area contributed by atoms with Crippen LogP contribution in [0.2, 0.25) is 0 Å². The van der Waals surface area contributed by atoms with Crippen molar-refractivity contribution in [3.63, 3.8) is 0 Å². The molecule has 1 aliphatic heterocycles. The Labute approximate surface area is 137 Å². The molecule has 0 aromatic carbocycles. The van der Waals surface area contributed by atoms with Crippen LogP contribution >= 0.6 is 0 Å². The quantitative estimate of drug-likeness (QED) is 0.805. The summed E-state index contributed by atoms with van der Waals surface area (Å²) < 4.78 is 0. The molecule has 0 aromatic heterocycles. The normalized spacial score (nSPS) is 29.1. The number of hydrogen-bond acceptors (Lipinski definition) is 3. The number of carbonyl (C=O) groups excluding carboxylic acids is 2. The molecule has 4 atom stereocenters. The Kier molecular flexibility index (Phi) is 6.02. The van der Waals surface area contributed by atoms with Gasteiger partial charge in [0.15, 0.2) is 0 Å². The van der Waals surface area contributed by atoms with Crippen molar-refractivity contribution in [1.29, 1.82) is 0 Å². The molecule has 1 aliphatic carbocycles. The molecule has 1 saturated carbocycles. The molecule has 2 aliphatic rings. The predicted octanol–water partition coefficient (Wildman–Crippen LogP) is 1.64. The Hall–Kier alpha value is -1.59. The Morgan fingerprint density at radius 3 is 2.57 bits per heavy atom. The van der Waals surface area contributed by atoms with Crippen molar-refractivity contribution in [3.05, 3.63) is 0 Å². The summed E-state index contributed by atoms with van der Waals surface area (Å²) in [5.74, 6) is -1.16. The van der Waals surface area contributed by atoms with Gasteiger partial charge >= 0.3 is 5.97 Å². The number of amides is 2. The van der Waals surface area contributed by atoms with Crippen molar-refractivity contribution >= 4 is 17.8 Å². The largest absolute Gasteiger partial charge is 0.481 e. The number of hydrogen-bond donors (Lipinski definition) is 2. The Morgan fingerprint density at radius 1 is 1.22 bits per heavy atom. The van der Waals surface area contributed by atoms with Crippen molar-refractivity contribution < 1.29 is 19.5 Å². The van der Waals surface area contributed by atoms with E-state index in [0.717, 1.165) is 32.2 Å². The van der Waals surface area contributed by atoms with Crippen LogP contribution in [0.15, 0.2) is 0 Å². The number of piperidine rings is 1. The maximum atomic E-state index is 12.4. The number of rotatable bonds is 5. The van der Waals surface area contributed by atoms with Crippen LogP contribution in [0.3, 0.4) is 0 Å². The first-order chi connectivity index (χ1) is 10.9. The van der Waals surface area contributed by atoms with Crippen LogP contribution in [0.1, 0.15) is 52.4 Å². The van der Waals surface area contributed by atoms with Crippen LogP contribution < -0.4 is 5.32 Å². The van der Waals surface area contributed by atoms with Crippen molar-refractivity contribution in [1.82, 2.24) is 10.2 Å². The highest BCUT2D eigenvalue weighted by Crippen LogP contribution is 2.27. The lowest BCUT2D eigenvalue weighted by Gasteiger charge is -2.34. The van der Waals surface area contributed by atoms with E-state index >= 15 is 0 Å². The van der Waals surface area contributed by atoms with Gasteiger partial charge in [0.25, 0.3) is 0 Å². The maximum absolute atomic E-state index is 12.4. The first kappa shape index (κ1) is 17.8. The van der Waals surface area contributed by atoms with Gasteiger partial charge in [0.1, 0.15) is 0 Å². The lowest BCUT2D eigenvalue weighted by atomic mass is 9.95. The molecule has 2 rings (SSSR count). The average Bonchev–Trinajstić information content (AvgIpc) is 3.02. The van der Waals surface area contributed by atoms with Gasteiger partial charge < -0.3 is 15.3 Å². The minimum absolute atomic E-state index is 0.00275. The SMILES string of the molecule is CCC(C)C(=O)N1CCCC(C(=O)N[C@H]2CC[C@@H](C(=O)O)C2)C1. The second-order valence-corrected chi connectivity index (χ2v) is 6.99.